The maximum Gasteiger partial charge on any atom is 0.100 e. The highest BCUT2D eigenvalue weighted by Crippen LogP contribution is 2.32. The molecule has 1 unspecified atom stereocenters. The van der Waals surface area contributed by atoms with Gasteiger partial charge in [0.15, 0.2) is 0 Å². The van der Waals surface area contributed by atoms with E-state index in [-0.39, 0.29) is 0 Å². The van der Waals surface area contributed by atoms with Crippen LogP contribution in [0.5, 0.6) is 0 Å². The summed E-state index contributed by atoms with van der Waals surface area (Å²) in [4.78, 5) is 0. The van der Waals surface area contributed by atoms with Crippen molar-refractivity contribution in [3.63, 3.8) is 0 Å². The van der Waals surface area contributed by atoms with Crippen LogP contribution in [0.3, 0.4) is 0 Å². The average Bonchev–Trinajstić information content (AvgIpc) is 2.31. The van der Waals surface area contributed by atoms with Gasteiger partial charge in [0, 0.05) is 5.02 Å². The number of aliphatic hydroxyl groups excluding tert-OH is 1. The van der Waals surface area contributed by atoms with Crippen LogP contribution in [0.4, 0.5) is 0 Å². The highest BCUT2D eigenvalue weighted by Gasteiger charge is 2.17. The molecule has 0 bridgehead atoms. The molecule has 0 spiro atoms. The summed E-state index contributed by atoms with van der Waals surface area (Å²) in [5, 5.41) is 11.3. The highest BCUT2D eigenvalue weighted by atomic mass is 35.5. The van der Waals surface area contributed by atoms with E-state index < -0.39 is 6.10 Å². The topological polar surface area (TPSA) is 20.2 Å². The van der Waals surface area contributed by atoms with Crippen molar-refractivity contribution in [3.05, 3.63) is 46.0 Å². The number of allylic oxidation sites excluding steroid dienone is 1. The Labute approximate surface area is 114 Å². The molecule has 0 saturated heterocycles. The quantitative estimate of drug-likeness (QED) is 0.749. The summed E-state index contributed by atoms with van der Waals surface area (Å²) in [6.07, 6.45) is 8.85. The van der Waals surface area contributed by atoms with Gasteiger partial charge in [0.1, 0.15) is 6.10 Å². The number of hydrogen-bond donors (Lipinski definition) is 1. The van der Waals surface area contributed by atoms with E-state index in [0.29, 0.717) is 0 Å². The summed E-state index contributed by atoms with van der Waals surface area (Å²) in [6.45, 7) is 1.98. The number of rotatable bonds is 2. The molecule has 1 aliphatic carbocycles. The Bertz CT molecular complexity index is 437. The van der Waals surface area contributed by atoms with E-state index in [1.54, 1.807) is 0 Å². The predicted octanol–water partition coefficient (Wildman–Crippen LogP) is 4.96. The Kier molecular flexibility index (Phi) is 4.85. The maximum absolute atomic E-state index is 10.5. The van der Waals surface area contributed by atoms with Crippen LogP contribution in [-0.4, -0.2) is 5.11 Å². The summed E-state index contributed by atoms with van der Waals surface area (Å²) >= 11 is 6.12. The minimum Gasteiger partial charge on any atom is -0.384 e. The molecule has 0 radical (unpaired) electrons. The van der Waals surface area contributed by atoms with Gasteiger partial charge in [-0.15, -0.1) is 0 Å². The first-order valence-corrected chi connectivity index (χ1v) is 7.20. The van der Waals surface area contributed by atoms with E-state index in [2.05, 4.69) is 6.08 Å². The fraction of sp³-hybridized carbons (Fsp3) is 0.500. The monoisotopic (exact) mass is 264 g/mol. The summed E-state index contributed by atoms with van der Waals surface area (Å²) in [7, 11) is 0. The third kappa shape index (κ3) is 3.15. The fourth-order valence-corrected chi connectivity index (χ4v) is 2.77. The number of halogens is 1. The van der Waals surface area contributed by atoms with E-state index in [4.69, 9.17) is 11.6 Å². The zero-order valence-electron chi connectivity index (χ0n) is 11.0. The molecule has 2 heteroatoms. The Hall–Kier alpha value is -0.790. The second-order valence-electron chi connectivity index (χ2n) is 5.09. The van der Waals surface area contributed by atoms with Gasteiger partial charge in [-0.2, -0.15) is 0 Å². The van der Waals surface area contributed by atoms with Crippen molar-refractivity contribution >= 4 is 11.6 Å². The zero-order valence-corrected chi connectivity index (χ0v) is 11.7. The van der Waals surface area contributed by atoms with Crippen molar-refractivity contribution in [1.29, 1.82) is 0 Å². The molecule has 0 saturated carbocycles. The van der Waals surface area contributed by atoms with E-state index in [0.717, 1.165) is 29.0 Å². The van der Waals surface area contributed by atoms with Crippen LogP contribution in [-0.2, 0) is 0 Å². The lowest BCUT2D eigenvalue weighted by molar-refractivity contribution is 0.208. The second kappa shape index (κ2) is 6.40. The van der Waals surface area contributed by atoms with E-state index >= 15 is 0 Å². The first-order chi connectivity index (χ1) is 8.70. The molecular formula is C16H21ClO. The summed E-state index contributed by atoms with van der Waals surface area (Å²) in [6, 6.07) is 5.77. The first kappa shape index (κ1) is 13.6. The molecule has 0 aromatic heterocycles. The van der Waals surface area contributed by atoms with E-state index in [1.165, 1.54) is 31.3 Å². The van der Waals surface area contributed by atoms with Crippen molar-refractivity contribution in [2.24, 2.45) is 0 Å². The van der Waals surface area contributed by atoms with Crippen LogP contribution in [0.1, 0.15) is 55.8 Å². The maximum atomic E-state index is 10.5. The molecular weight excluding hydrogens is 244 g/mol. The van der Waals surface area contributed by atoms with Gasteiger partial charge in [-0.1, -0.05) is 42.7 Å². The van der Waals surface area contributed by atoms with Gasteiger partial charge in [0.2, 0.25) is 0 Å². The SMILES string of the molecule is Cc1c(Cl)cccc1C(O)/C1=C/CCCCCC1. The normalized spacial score (nSPS) is 21.6. The molecule has 2 rings (SSSR count). The minimum absolute atomic E-state index is 0.484. The van der Waals surface area contributed by atoms with E-state index in [1.807, 2.05) is 25.1 Å². The number of benzene rings is 1. The van der Waals surface area contributed by atoms with Gasteiger partial charge in [-0.05, 0) is 55.4 Å². The number of aliphatic hydroxyl groups is 1. The zero-order chi connectivity index (χ0) is 13.0. The minimum atomic E-state index is -0.484. The molecule has 1 N–H and O–H groups in total. The van der Waals surface area contributed by atoms with Crippen LogP contribution >= 0.6 is 11.6 Å². The molecule has 0 heterocycles. The van der Waals surface area contributed by atoms with Crippen LogP contribution in [0.2, 0.25) is 5.02 Å². The molecule has 1 aliphatic rings. The fourth-order valence-electron chi connectivity index (χ4n) is 2.58. The predicted molar refractivity (Wildman–Crippen MR) is 76.9 cm³/mol. The summed E-state index contributed by atoms with van der Waals surface area (Å²) in [5.74, 6) is 0. The molecule has 1 atom stereocenters. The molecule has 1 aromatic carbocycles. The molecule has 98 valence electrons. The molecule has 0 amide bonds. The van der Waals surface area contributed by atoms with Gasteiger partial charge >= 0.3 is 0 Å². The van der Waals surface area contributed by atoms with Crippen molar-refractivity contribution in [2.75, 3.05) is 0 Å². The van der Waals surface area contributed by atoms with Crippen molar-refractivity contribution in [1.82, 2.24) is 0 Å². The largest absolute Gasteiger partial charge is 0.384 e. The molecule has 1 aromatic rings. The highest BCUT2D eigenvalue weighted by molar-refractivity contribution is 6.31. The lowest BCUT2D eigenvalue weighted by atomic mass is 9.91. The van der Waals surface area contributed by atoms with Crippen molar-refractivity contribution in [2.45, 2.75) is 51.6 Å². The van der Waals surface area contributed by atoms with Crippen LogP contribution in [0.25, 0.3) is 0 Å². The lowest BCUT2D eigenvalue weighted by Crippen LogP contribution is -2.05. The van der Waals surface area contributed by atoms with Crippen LogP contribution < -0.4 is 0 Å². The van der Waals surface area contributed by atoms with Gasteiger partial charge < -0.3 is 5.11 Å². The molecule has 0 fully saturated rings. The Morgan fingerprint density at radius 2 is 1.94 bits per heavy atom. The van der Waals surface area contributed by atoms with Gasteiger partial charge in [-0.25, -0.2) is 0 Å². The standard InChI is InChI=1S/C16H21ClO/c1-12-14(10-7-11-15(12)17)16(18)13-8-5-3-2-4-6-9-13/h7-8,10-11,16,18H,2-6,9H2,1H3/b13-8+. The van der Waals surface area contributed by atoms with Crippen molar-refractivity contribution in [3.8, 4) is 0 Å². The summed E-state index contributed by atoms with van der Waals surface area (Å²) in [5.41, 5.74) is 3.11. The van der Waals surface area contributed by atoms with Crippen LogP contribution in [0, 0.1) is 6.92 Å². The molecule has 1 nitrogen and oxygen atoms in total. The Morgan fingerprint density at radius 3 is 2.78 bits per heavy atom. The summed E-state index contributed by atoms with van der Waals surface area (Å²) < 4.78 is 0. The second-order valence-corrected chi connectivity index (χ2v) is 5.50. The Morgan fingerprint density at radius 1 is 1.17 bits per heavy atom. The molecule has 0 aliphatic heterocycles. The van der Waals surface area contributed by atoms with Crippen LogP contribution in [0.15, 0.2) is 29.8 Å². The lowest BCUT2D eigenvalue weighted by Gasteiger charge is -2.20. The average molecular weight is 265 g/mol. The van der Waals surface area contributed by atoms with Gasteiger partial charge in [-0.3, -0.25) is 0 Å². The molecule has 18 heavy (non-hydrogen) atoms. The van der Waals surface area contributed by atoms with E-state index in [9.17, 15) is 5.11 Å². The third-order valence-electron chi connectivity index (χ3n) is 3.78. The Balaban J connectivity index is 2.23. The smallest absolute Gasteiger partial charge is 0.100 e. The van der Waals surface area contributed by atoms with Gasteiger partial charge in [0.25, 0.3) is 0 Å². The van der Waals surface area contributed by atoms with Gasteiger partial charge in [0.05, 0.1) is 0 Å². The van der Waals surface area contributed by atoms with Crippen molar-refractivity contribution < 1.29 is 5.11 Å². The third-order valence-corrected chi connectivity index (χ3v) is 4.19. The first-order valence-electron chi connectivity index (χ1n) is 6.82. The number of hydrogen-bond acceptors (Lipinski definition) is 1.